The monoisotopic (exact) mass is 255 g/mol. The van der Waals surface area contributed by atoms with Gasteiger partial charge in [0, 0.05) is 18.6 Å². The summed E-state index contributed by atoms with van der Waals surface area (Å²) in [5.41, 5.74) is 7.32. The number of rotatable bonds is 5. The van der Waals surface area contributed by atoms with E-state index in [0.29, 0.717) is 11.4 Å². The molecule has 1 rings (SSSR count). The van der Waals surface area contributed by atoms with Crippen LogP contribution in [0.25, 0.3) is 0 Å². The van der Waals surface area contributed by atoms with E-state index in [4.69, 9.17) is 10.5 Å². The van der Waals surface area contributed by atoms with Crippen LogP contribution in [0.2, 0.25) is 0 Å². The van der Waals surface area contributed by atoms with E-state index in [1.165, 1.54) is 0 Å². The summed E-state index contributed by atoms with van der Waals surface area (Å²) < 4.78 is 17.4. The van der Waals surface area contributed by atoms with E-state index in [2.05, 4.69) is 0 Å². The largest absolute Gasteiger partial charge is 0.398 e. The molecule has 17 heavy (non-hydrogen) atoms. The molecular weight excluding hydrogens is 234 g/mol. The maximum Gasteiger partial charge on any atom is 0.0631 e. The van der Waals surface area contributed by atoms with Crippen LogP contribution in [-0.4, -0.2) is 22.7 Å². The summed E-state index contributed by atoms with van der Waals surface area (Å²) >= 11 is 0. The molecule has 0 aromatic heterocycles. The van der Waals surface area contributed by atoms with E-state index in [-0.39, 0.29) is 5.60 Å². The summed E-state index contributed by atoms with van der Waals surface area (Å²) in [5, 5.41) is 0. The first-order valence-corrected chi connectivity index (χ1v) is 6.97. The molecule has 1 unspecified atom stereocenters. The summed E-state index contributed by atoms with van der Waals surface area (Å²) in [4.78, 5) is 0.725. The van der Waals surface area contributed by atoms with Crippen molar-refractivity contribution in [2.75, 3.05) is 18.6 Å². The molecule has 1 atom stereocenters. The fourth-order valence-corrected chi connectivity index (χ4v) is 2.86. The topological polar surface area (TPSA) is 52.3 Å². The number of nitrogen functional groups attached to an aromatic ring is 1. The highest BCUT2D eigenvalue weighted by Crippen LogP contribution is 2.21. The van der Waals surface area contributed by atoms with Gasteiger partial charge in [0.15, 0.2) is 0 Å². The Kier molecular flexibility index (Phi) is 4.71. The van der Waals surface area contributed by atoms with Crippen molar-refractivity contribution < 1.29 is 8.95 Å². The van der Waals surface area contributed by atoms with Crippen molar-refractivity contribution in [2.24, 2.45) is 0 Å². The fraction of sp³-hybridized carbons (Fsp3) is 0.538. The van der Waals surface area contributed by atoms with Crippen LogP contribution < -0.4 is 5.73 Å². The van der Waals surface area contributed by atoms with Gasteiger partial charge in [-0.2, -0.15) is 0 Å². The molecule has 0 fully saturated rings. The van der Waals surface area contributed by atoms with Crippen LogP contribution in [0.1, 0.15) is 25.8 Å². The van der Waals surface area contributed by atoms with Crippen molar-refractivity contribution >= 4 is 16.5 Å². The average Bonchev–Trinajstić information content (AvgIpc) is 2.26. The maximum absolute atomic E-state index is 12.1. The van der Waals surface area contributed by atoms with Crippen LogP contribution in [0.15, 0.2) is 23.1 Å². The Balaban J connectivity index is 2.71. The Morgan fingerprint density at radius 1 is 1.41 bits per heavy atom. The average molecular weight is 255 g/mol. The van der Waals surface area contributed by atoms with Crippen LogP contribution in [0.5, 0.6) is 0 Å². The van der Waals surface area contributed by atoms with Crippen molar-refractivity contribution in [3.8, 4) is 0 Å². The predicted octanol–water partition coefficient (Wildman–Crippen LogP) is 2.50. The summed E-state index contributed by atoms with van der Waals surface area (Å²) in [5.74, 6) is 0.564. The minimum Gasteiger partial charge on any atom is -0.398 e. The van der Waals surface area contributed by atoms with Gasteiger partial charge >= 0.3 is 0 Å². The zero-order valence-corrected chi connectivity index (χ0v) is 11.8. The van der Waals surface area contributed by atoms with Gasteiger partial charge in [0.2, 0.25) is 0 Å². The Morgan fingerprint density at radius 3 is 2.59 bits per heavy atom. The maximum atomic E-state index is 12.1. The summed E-state index contributed by atoms with van der Waals surface area (Å²) in [6.45, 7) is 5.95. The third-order valence-electron chi connectivity index (χ3n) is 2.85. The minimum atomic E-state index is -1.06. The Morgan fingerprint density at radius 2 is 2.06 bits per heavy atom. The van der Waals surface area contributed by atoms with Gasteiger partial charge in [0.05, 0.1) is 21.3 Å². The van der Waals surface area contributed by atoms with Gasteiger partial charge in [0.1, 0.15) is 0 Å². The Labute approximate surface area is 106 Å². The first-order valence-electron chi connectivity index (χ1n) is 5.65. The van der Waals surface area contributed by atoms with Crippen LogP contribution in [0, 0.1) is 6.92 Å². The molecule has 3 nitrogen and oxygen atoms in total. The molecule has 0 heterocycles. The quantitative estimate of drug-likeness (QED) is 0.822. The standard InChI is InChI=1S/C13H21NO2S/c1-10-5-6-12(11(14)9-10)17(15)8-7-13(2,3)16-4/h5-6,9H,7-8,14H2,1-4H3. The predicted molar refractivity (Wildman–Crippen MR) is 72.6 cm³/mol. The third kappa shape index (κ3) is 4.13. The number of anilines is 1. The van der Waals surface area contributed by atoms with Gasteiger partial charge in [-0.15, -0.1) is 0 Å². The summed E-state index contributed by atoms with van der Waals surface area (Å²) in [6.07, 6.45) is 0.740. The molecule has 0 bridgehead atoms. The molecular formula is C13H21NO2S. The Hall–Kier alpha value is -0.870. The molecule has 0 saturated carbocycles. The van der Waals surface area contributed by atoms with Gasteiger partial charge in [-0.05, 0) is 44.9 Å². The lowest BCUT2D eigenvalue weighted by atomic mass is 10.1. The first kappa shape index (κ1) is 14.2. The lowest BCUT2D eigenvalue weighted by Gasteiger charge is -2.22. The summed E-state index contributed by atoms with van der Waals surface area (Å²) in [7, 11) is 0.613. The van der Waals surface area contributed by atoms with Crippen molar-refractivity contribution in [3.63, 3.8) is 0 Å². The smallest absolute Gasteiger partial charge is 0.0631 e. The van der Waals surface area contributed by atoms with Crippen molar-refractivity contribution in [1.82, 2.24) is 0 Å². The van der Waals surface area contributed by atoms with E-state index in [1.54, 1.807) is 7.11 Å². The van der Waals surface area contributed by atoms with E-state index >= 15 is 0 Å². The molecule has 0 aliphatic rings. The highest BCUT2D eigenvalue weighted by Gasteiger charge is 2.18. The van der Waals surface area contributed by atoms with Gasteiger partial charge in [-0.25, -0.2) is 0 Å². The minimum absolute atomic E-state index is 0.241. The van der Waals surface area contributed by atoms with Gasteiger partial charge in [-0.3, -0.25) is 4.21 Å². The zero-order valence-electron chi connectivity index (χ0n) is 10.9. The molecule has 4 heteroatoms. The highest BCUT2D eigenvalue weighted by atomic mass is 32.2. The molecule has 0 spiro atoms. The van der Waals surface area contributed by atoms with Crippen LogP contribution >= 0.6 is 0 Å². The molecule has 1 aromatic carbocycles. The fourth-order valence-electron chi connectivity index (χ4n) is 1.43. The number of ether oxygens (including phenoxy) is 1. The number of hydrogen-bond donors (Lipinski definition) is 1. The molecule has 0 aliphatic heterocycles. The second kappa shape index (κ2) is 5.65. The molecule has 0 aliphatic carbocycles. The zero-order chi connectivity index (χ0) is 13.1. The second-order valence-electron chi connectivity index (χ2n) is 4.80. The second-order valence-corrected chi connectivity index (χ2v) is 6.34. The lowest BCUT2D eigenvalue weighted by molar-refractivity contribution is 0.0205. The van der Waals surface area contributed by atoms with Gasteiger partial charge < -0.3 is 10.5 Å². The van der Waals surface area contributed by atoms with Crippen molar-refractivity contribution in [3.05, 3.63) is 23.8 Å². The van der Waals surface area contributed by atoms with E-state index in [1.807, 2.05) is 39.0 Å². The van der Waals surface area contributed by atoms with Gasteiger partial charge in [-0.1, -0.05) is 6.07 Å². The number of methoxy groups -OCH3 is 1. The molecule has 0 radical (unpaired) electrons. The molecule has 1 aromatic rings. The van der Waals surface area contributed by atoms with Crippen LogP contribution in [0.4, 0.5) is 5.69 Å². The number of benzene rings is 1. The number of aryl methyl sites for hydroxylation is 1. The van der Waals surface area contributed by atoms with Crippen LogP contribution in [-0.2, 0) is 15.5 Å². The van der Waals surface area contributed by atoms with E-state index in [0.717, 1.165) is 16.9 Å². The number of hydrogen-bond acceptors (Lipinski definition) is 3. The third-order valence-corrected chi connectivity index (χ3v) is 4.29. The van der Waals surface area contributed by atoms with E-state index < -0.39 is 10.8 Å². The molecule has 0 amide bonds. The van der Waals surface area contributed by atoms with E-state index in [9.17, 15) is 4.21 Å². The lowest BCUT2D eigenvalue weighted by Crippen LogP contribution is -2.25. The Bertz CT molecular complexity index is 416. The molecule has 0 saturated heterocycles. The van der Waals surface area contributed by atoms with Gasteiger partial charge in [0.25, 0.3) is 0 Å². The SMILES string of the molecule is COC(C)(C)CCS(=O)c1ccc(C)cc1N. The van der Waals surface area contributed by atoms with Crippen LogP contribution in [0.3, 0.4) is 0 Å². The van der Waals surface area contributed by atoms with Crippen molar-refractivity contribution in [1.29, 1.82) is 0 Å². The first-order chi connectivity index (χ1) is 7.85. The summed E-state index contributed by atoms with van der Waals surface area (Å²) in [6, 6.07) is 5.64. The van der Waals surface area contributed by atoms with Crippen molar-refractivity contribution in [2.45, 2.75) is 37.7 Å². The number of nitrogens with two attached hydrogens (primary N) is 1. The molecule has 2 N–H and O–H groups in total. The molecule has 96 valence electrons. The highest BCUT2D eigenvalue weighted by molar-refractivity contribution is 7.85. The normalized spacial score (nSPS) is 13.6.